The van der Waals surface area contributed by atoms with Crippen LogP contribution in [0.2, 0.25) is 0 Å². The zero-order chi connectivity index (χ0) is 38.3. The van der Waals surface area contributed by atoms with Gasteiger partial charge in [-0.2, -0.15) is 0 Å². The summed E-state index contributed by atoms with van der Waals surface area (Å²) in [5.41, 5.74) is 16.5. The zero-order valence-electron chi connectivity index (χ0n) is 29.4. The molecule has 8 atom stereocenters. The Morgan fingerprint density at radius 3 is 1.92 bits per heavy atom. The highest BCUT2D eigenvalue weighted by molar-refractivity contribution is 5.98. The van der Waals surface area contributed by atoms with Crippen LogP contribution in [0.3, 0.4) is 0 Å². The fourth-order valence-corrected chi connectivity index (χ4v) is 5.26. The van der Waals surface area contributed by atoms with Crippen molar-refractivity contribution in [3.8, 4) is 0 Å². The van der Waals surface area contributed by atoms with Crippen LogP contribution in [0.15, 0.2) is 0 Å². The van der Waals surface area contributed by atoms with Gasteiger partial charge in [-0.05, 0) is 71.8 Å². The molecule has 1 aliphatic heterocycles. The molecule has 7 amide bonds. The van der Waals surface area contributed by atoms with E-state index in [2.05, 4.69) is 26.6 Å². The zero-order valence-corrected chi connectivity index (χ0v) is 29.4. The Kier molecular flexibility index (Phi) is 18.3. The minimum Gasteiger partial charge on any atom is -0.480 e. The lowest BCUT2D eigenvalue weighted by atomic mass is 10.0. The molecular weight excluding hydrogens is 658 g/mol. The largest absolute Gasteiger partial charge is 0.480 e. The standard InChI is InChI=1S/C31H55N9O10/c1-15(2)13-20(37-26(44)17(4)35-25(43)16(3)33)27(45)36-19(9-6-7-11-32)30(48)40-12-8-10-22(40)29(47)38-21(14-23(34)42)28(46)39-24(18(5)41)31(49)50/h15-22,24,41H,6-14,32-33H2,1-5H3,(H2,34,42)(H,35,43)(H,36,45)(H,37,44)(H,38,47)(H,39,46)(H,49,50)/t16-,17-,18+,19-,20-,21-,22-,24-/m0/s1. The Balaban J connectivity index is 3.22. The molecule has 0 aliphatic carbocycles. The van der Waals surface area contributed by atoms with Gasteiger partial charge in [-0.1, -0.05) is 13.8 Å². The van der Waals surface area contributed by atoms with E-state index in [1.54, 1.807) is 0 Å². The van der Waals surface area contributed by atoms with Crippen molar-refractivity contribution in [1.82, 2.24) is 31.5 Å². The van der Waals surface area contributed by atoms with Crippen LogP contribution < -0.4 is 43.8 Å². The quantitative estimate of drug-likeness (QED) is 0.0514. The number of nitrogens with one attached hydrogen (secondary N) is 5. The number of nitrogens with two attached hydrogens (primary N) is 3. The number of unbranched alkanes of at least 4 members (excludes halogenated alkanes) is 1. The summed E-state index contributed by atoms with van der Waals surface area (Å²) in [6, 6.07) is -8.55. The van der Waals surface area contributed by atoms with Gasteiger partial charge in [-0.25, -0.2) is 4.79 Å². The van der Waals surface area contributed by atoms with E-state index in [1.807, 2.05) is 13.8 Å². The van der Waals surface area contributed by atoms with Crippen molar-refractivity contribution in [1.29, 1.82) is 0 Å². The lowest BCUT2D eigenvalue weighted by Crippen LogP contribution is -2.60. The molecule has 1 rings (SSSR count). The van der Waals surface area contributed by atoms with Gasteiger partial charge >= 0.3 is 5.97 Å². The van der Waals surface area contributed by atoms with E-state index < -0.39 is 102 Å². The van der Waals surface area contributed by atoms with Gasteiger partial charge in [0, 0.05) is 6.54 Å². The summed E-state index contributed by atoms with van der Waals surface area (Å²) < 4.78 is 0. The maximum absolute atomic E-state index is 14.0. The maximum atomic E-state index is 14.0. The summed E-state index contributed by atoms with van der Waals surface area (Å²) in [7, 11) is 0. The number of amides is 7. The maximum Gasteiger partial charge on any atom is 0.328 e. The molecule has 284 valence electrons. The number of carboxylic acids is 1. The van der Waals surface area contributed by atoms with Crippen molar-refractivity contribution in [3.63, 3.8) is 0 Å². The average molecular weight is 714 g/mol. The summed E-state index contributed by atoms with van der Waals surface area (Å²) in [6.45, 7) is 8.14. The number of aliphatic carboxylic acids is 1. The monoisotopic (exact) mass is 713 g/mol. The van der Waals surface area contributed by atoms with E-state index in [-0.39, 0.29) is 31.7 Å². The molecule has 1 aliphatic rings. The summed E-state index contributed by atoms with van der Waals surface area (Å²) in [6.07, 6.45) is -0.320. The summed E-state index contributed by atoms with van der Waals surface area (Å²) in [5.74, 6) is -6.95. The topological polar surface area (TPSA) is 318 Å². The molecule has 1 saturated heterocycles. The van der Waals surface area contributed by atoms with Crippen LogP contribution in [0, 0.1) is 5.92 Å². The van der Waals surface area contributed by atoms with Gasteiger partial charge in [0.1, 0.15) is 30.2 Å². The number of primary amides is 1. The van der Waals surface area contributed by atoms with E-state index in [0.717, 1.165) is 6.92 Å². The predicted octanol–water partition coefficient (Wildman–Crippen LogP) is -3.72. The minimum absolute atomic E-state index is 0.0602. The number of aliphatic hydroxyl groups is 1. The molecule has 0 bridgehead atoms. The molecule has 19 heteroatoms. The number of hydrogen-bond acceptors (Lipinski definition) is 11. The number of nitrogens with zero attached hydrogens (tertiary/aromatic N) is 1. The van der Waals surface area contributed by atoms with E-state index >= 15 is 0 Å². The Morgan fingerprint density at radius 2 is 1.40 bits per heavy atom. The van der Waals surface area contributed by atoms with E-state index in [9.17, 15) is 48.6 Å². The highest BCUT2D eigenvalue weighted by Gasteiger charge is 2.40. The second kappa shape index (κ2) is 21.0. The average Bonchev–Trinajstić information content (AvgIpc) is 3.51. The second-order valence-corrected chi connectivity index (χ2v) is 13.0. The molecule has 0 spiro atoms. The molecule has 19 nitrogen and oxygen atoms in total. The first-order valence-electron chi connectivity index (χ1n) is 16.8. The molecule has 1 heterocycles. The van der Waals surface area contributed by atoms with Crippen LogP contribution in [0.25, 0.3) is 0 Å². The third-order valence-electron chi connectivity index (χ3n) is 7.99. The van der Waals surface area contributed by atoms with Gasteiger partial charge in [0.25, 0.3) is 0 Å². The smallest absolute Gasteiger partial charge is 0.328 e. The van der Waals surface area contributed by atoms with Crippen LogP contribution in [0.1, 0.15) is 79.6 Å². The molecule has 0 aromatic heterocycles. The summed E-state index contributed by atoms with van der Waals surface area (Å²) in [5, 5.41) is 31.3. The van der Waals surface area contributed by atoms with Crippen LogP contribution in [-0.4, -0.2) is 124 Å². The third kappa shape index (κ3) is 14.2. The number of hydrogen-bond donors (Lipinski definition) is 10. The Hall–Kier alpha value is -4.36. The highest BCUT2D eigenvalue weighted by atomic mass is 16.4. The minimum atomic E-state index is -1.74. The Morgan fingerprint density at radius 1 is 0.800 bits per heavy atom. The Bertz CT molecular complexity index is 1230. The van der Waals surface area contributed by atoms with Gasteiger partial charge in [0.2, 0.25) is 41.4 Å². The van der Waals surface area contributed by atoms with E-state index in [1.165, 1.54) is 18.7 Å². The Labute approximate surface area is 291 Å². The lowest BCUT2D eigenvalue weighted by Gasteiger charge is -2.31. The van der Waals surface area contributed by atoms with E-state index in [4.69, 9.17) is 17.2 Å². The van der Waals surface area contributed by atoms with Crippen LogP contribution in [0.5, 0.6) is 0 Å². The van der Waals surface area contributed by atoms with Crippen LogP contribution >= 0.6 is 0 Å². The number of carboxylic acid groups (broad SMARTS) is 1. The number of carbonyl (C=O) groups is 8. The molecule has 0 aromatic rings. The first kappa shape index (κ1) is 43.7. The molecule has 0 aromatic carbocycles. The first-order valence-corrected chi connectivity index (χ1v) is 16.8. The highest BCUT2D eigenvalue weighted by Crippen LogP contribution is 2.21. The van der Waals surface area contributed by atoms with Crippen molar-refractivity contribution < 1.29 is 48.6 Å². The number of carbonyl (C=O) groups excluding carboxylic acids is 7. The van der Waals surface area contributed by atoms with Gasteiger partial charge in [0.05, 0.1) is 18.6 Å². The molecule has 50 heavy (non-hydrogen) atoms. The normalized spacial score (nSPS) is 18.4. The van der Waals surface area contributed by atoms with Gasteiger partial charge in [-0.3, -0.25) is 33.6 Å². The lowest BCUT2D eigenvalue weighted by molar-refractivity contribution is -0.146. The van der Waals surface area contributed by atoms with Crippen molar-refractivity contribution in [2.45, 2.75) is 128 Å². The van der Waals surface area contributed by atoms with Crippen LogP contribution in [-0.2, 0) is 38.4 Å². The van der Waals surface area contributed by atoms with Gasteiger partial charge in [-0.15, -0.1) is 0 Å². The van der Waals surface area contributed by atoms with Crippen molar-refractivity contribution >= 4 is 47.3 Å². The summed E-state index contributed by atoms with van der Waals surface area (Å²) >= 11 is 0. The number of aliphatic hydroxyl groups excluding tert-OH is 1. The molecule has 0 radical (unpaired) electrons. The van der Waals surface area contributed by atoms with Crippen molar-refractivity contribution in [3.05, 3.63) is 0 Å². The molecule has 1 fully saturated rings. The van der Waals surface area contributed by atoms with Crippen molar-refractivity contribution in [2.75, 3.05) is 13.1 Å². The van der Waals surface area contributed by atoms with Crippen LogP contribution in [0.4, 0.5) is 0 Å². The van der Waals surface area contributed by atoms with Gasteiger partial charge in [0.15, 0.2) is 6.04 Å². The fraction of sp³-hybridized carbons (Fsp3) is 0.742. The number of likely N-dealkylation sites (tertiary alicyclic amines) is 1. The van der Waals surface area contributed by atoms with Gasteiger partial charge < -0.3 is 58.9 Å². The molecule has 0 saturated carbocycles. The molecule has 0 unspecified atom stereocenters. The molecule has 13 N–H and O–H groups in total. The molecular formula is C31H55N9O10. The first-order chi connectivity index (χ1) is 23.3. The predicted molar refractivity (Wildman–Crippen MR) is 179 cm³/mol. The number of rotatable bonds is 21. The summed E-state index contributed by atoms with van der Waals surface area (Å²) in [4.78, 5) is 103. The fourth-order valence-electron chi connectivity index (χ4n) is 5.26. The SMILES string of the molecule is CC(C)C[C@H](NC(=O)[C@H](C)NC(=O)[C@H](C)N)C(=O)N[C@@H](CCCCN)C(=O)N1CCC[C@H]1C(=O)N[C@@H](CC(N)=O)C(=O)N[C@H](C(=O)O)[C@@H](C)O. The van der Waals surface area contributed by atoms with Crippen molar-refractivity contribution in [2.24, 2.45) is 23.1 Å². The third-order valence-corrected chi connectivity index (χ3v) is 7.99. The second-order valence-electron chi connectivity index (χ2n) is 13.0. The van der Waals surface area contributed by atoms with E-state index in [0.29, 0.717) is 25.8 Å².